The fourth-order valence-electron chi connectivity index (χ4n) is 9.54. The molecule has 4 aliphatic rings. The Morgan fingerprint density at radius 2 is 1.89 bits per heavy atom. The highest BCUT2D eigenvalue weighted by Gasteiger charge is 2.55. The lowest BCUT2D eigenvalue weighted by Crippen LogP contribution is -2.70. The van der Waals surface area contributed by atoms with Crippen molar-refractivity contribution >= 4 is 28.9 Å². The van der Waals surface area contributed by atoms with Gasteiger partial charge in [-0.05, 0) is 95.0 Å². The molecule has 3 aliphatic heterocycles. The second kappa shape index (κ2) is 17.5. The fourth-order valence-corrected chi connectivity index (χ4v) is 9.54. The van der Waals surface area contributed by atoms with Gasteiger partial charge >= 0.3 is 12.1 Å². The first-order valence-corrected chi connectivity index (χ1v) is 22.2. The highest BCUT2D eigenvalue weighted by atomic mass is 16.6. The average molecular weight is 881 g/mol. The summed E-state index contributed by atoms with van der Waals surface area (Å²) in [6.07, 6.45) is 4.91. The molecule has 342 valence electrons. The van der Waals surface area contributed by atoms with Gasteiger partial charge in [0.05, 0.1) is 42.7 Å². The Bertz CT molecular complexity index is 2430. The first-order valence-electron chi connectivity index (χ1n) is 22.2. The number of carbonyl (C=O) groups is 3. The number of rotatable bonds is 14. The number of hydrogen-bond acceptors (Lipinski definition) is 13. The number of carboxylic acid groups (broad SMARTS) is 1. The van der Waals surface area contributed by atoms with Crippen LogP contribution in [0.15, 0.2) is 47.2 Å². The number of alkyl carbamates (subject to hydrolysis) is 1. The van der Waals surface area contributed by atoms with Crippen molar-refractivity contribution < 1.29 is 43.2 Å². The maximum Gasteiger partial charge on any atom is 0.408 e. The lowest BCUT2D eigenvalue weighted by molar-refractivity contribution is -0.204. The lowest BCUT2D eigenvalue weighted by Gasteiger charge is -2.57. The van der Waals surface area contributed by atoms with Gasteiger partial charge in [-0.1, -0.05) is 19.9 Å². The van der Waals surface area contributed by atoms with Crippen LogP contribution in [0.4, 0.5) is 4.79 Å². The maximum absolute atomic E-state index is 14.7. The van der Waals surface area contributed by atoms with Gasteiger partial charge in [0, 0.05) is 73.0 Å². The SMILES string of the molecule is CO[C@@H](C)c1ncccc1-c1c(CC(C)(C)CO)c2cc(-c3coc([C@H]([C@H](NC(=O)OC(C)(C)C)C(=O)N4CCC[C@@H](C(=O)O)N4)N4CC5(COC5)C4)n3)ccc2n1C1CC(C#N)C1. The molecule has 4 N–H and O–H groups in total. The van der Waals surface area contributed by atoms with E-state index in [0.717, 1.165) is 39.0 Å². The quantitative estimate of drug-likeness (QED) is 0.115. The summed E-state index contributed by atoms with van der Waals surface area (Å²) in [5.41, 5.74) is 7.30. The number of pyridine rings is 1. The van der Waals surface area contributed by atoms with Crippen LogP contribution in [0, 0.1) is 28.1 Å². The molecular weight excluding hydrogens is 821 g/mol. The summed E-state index contributed by atoms with van der Waals surface area (Å²) in [5.74, 6) is -1.49. The minimum absolute atomic E-state index is 0.0494. The molecule has 17 nitrogen and oxygen atoms in total. The van der Waals surface area contributed by atoms with Gasteiger partial charge in [0.15, 0.2) is 0 Å². The fraction of sp³-hybridized carbons (Fsp3) is 0.574. The normalized spacial score (nSPS) is 22.4. The number of fused-ring (bicyclic) bond motifs is 1. The van der Waals surface area contributed by atoms with Gasteiger partial charge in [-0.2, -0.15) is 5.26 Å². The van der Waals surface area contributed by atoms with E-state index < -0.39 is 47.1 Å². The predicted octanol–water partition coefficient (Wildman–Crippen LogP) is 5.95. The number of ether oxygens (including phenoxy) is 3. The van der Waals surface area contributed by atoms with E-state index in [4.69, 9.17) is 28.6 Å². The number of aliphatic hydroxyl groups is 1. The Balaban J connectivity index is 1.24. The summed E-state index contributed by atoms with van der Waals surface area (Å²) in [6, 6.07) is 9.45. The van der Waals surface area contributed by atoms with Gasteiger partial charge in [0.25, 0.3) is 5.91 Å². The summed E-state index contributed by atoms with van der Waals surface area (Å²) >= 11 is 0. The van der Waals surface area contributed by atoms with Gasteiger partial charge in [-0.15, -0.1) is 0 Å². The van der Waals surface area contributed by atoms with Crippen LogP contribution < -0.4 is 10.7 Å². The van der Waals surface area contributed by atoms with Gasteiger partial charge in [0.2, 0.25) is 5.89 Å². The minimum atomic E-state index is -1.28. The number of hydrogen-bond donors (Lipinski definition) is 4. The maximum atomic E-state index is 14.7. The molecule has 3 saturated heterocycles. The molecule has 4 aromatic rings. The molecule has 4 atom stereocenters. The monoisotopic (exact) mass is 880 g/mol. The lowest BCUT2D eigenvalue weighted by atomic mass is 9.76. The number of carbonyl (C=O) groups excluding carboxylic acids is 2. The number of nitrogens with one attached hydrogen (secondary N) is 2. The zero-order chi connectivity index (χ0) is 45.7. The number of aliphatic carboxylic acids is 1. The minimum Gasteiger partial charge on any atom is -0.480 e. The van der Waals surface area contributed by atoms with E-state index in [1.165, 1.54) is 5.01 Å². The van der Waals surface area contributed by atoms with E-state index in [0.29, 0.717) is 64.1 Å². The van der Waals surface area contributed by atoms with Crippen LogP contribution in [0.25, 0.3) is 33.4 Å². The number of aromatic nitrogens is 3. The Hall–Kier alpha value is -5.38. The van der Waals surface area contributed by atoms with Crippen LogP contribution in [-0.2, 0) is 30.2 Å². The number of methoxy groups -OCH3 is 1. The van der Waals surface area contributed by atoms with Gasteiger partial charge in [-0.3, -0.25) is 24.5 Å². The Morgan fingerprint density at radius 1 is 1.14 bits per heavy atom. The van der Waals surface area contributed by atoms with Crippen LogP contribution in [0.5, 0.6) is 0 Å². The molecule has 6 heterocycles. The topological polar surface area (TPSA) is 218 Å². The summed E-state index contributed by atoms with van der Waals surface area (Å²) in [6.45, 7) is 13.7. The van der Waals surface area contributed by atoms with Crippen molar-refractivity contribution in [3.8, 4) is 28.6 Å². The van der Waals surface area contributed by atoms with Crippen LogP contribution in [0.3, 0.4) is 0 Å². The zero-order valence-corrected chi connectivity index (χ0v) is 37.7. The van der Waals surface area contributed by atoms with Gasteiger partial charge in [-0.25, -0.2) is 15.2 Å². The summed E-state index contributed by atoms with van der Waals surface area (Å²) in [4.78, 5) is 52.2. The van der Waals surface area contributed by atoms with Crippen molar-refractivity contribution in [2.24, 2.45) is 16.7 Å². The van der Waals surface area contributed by atoms with Gasteiger partial charge in [0.1, 0.15) is 35.7 Å². The summed E-state index contributed by atoms with van der Waals surface area (Å²) < 4.78 is 25.8. The molecule has 1 aromatic carbocycles. The second-order valence-corrected chi connectivity index (χ2v) is 19.9. The Kier molecular flexibility index (Phi) is 12.4. The number of benzene rings is 1. The third kappa shape index (κ3) is 8.86. The molecule has 64 heavy (non-hydrogen) atoms. The summed E-state index contributed by atoms with van der Waals surface area (Å²) in [5, 5.41) is 35.4. The first kappa shape index (κ1) is 45.2. The molecular formula is C47H60N8O9. The molecule has 1 aliphatic carbocycles. The van der Waals surface area contributed by atoms with Crippen molar-refractivity contribution in [3.05, 3.63) is 59.9 Å². The van der Waals surface area contributed by atoms with E-state index in [-0.39, 0.29) is 42.5 Å². The number of nitriles is 1. The first-order chi connectivity index (χ1) is 30.4. The molecule has 3 aromatic heterocycles. The van der Waals surface area contributed by atoms with E-state index in [9.17, 15) is 29.9 Å². The number of hydrazine groups is 1. The molecule has 0 bridgehead atoms. The molecule has 0 radical (unpaired) electrons. The molecule has 4 fully saturated rings. The standard InChI is InChI=1S/C47H60N8O9/c1-27(61-7)37-31(10-8-14-49-37)39-33(19-46(5,6)24-56)32-18-29(12-13-36(32)55(39)30-16-28(17-30)20-48)35-21-63-41(50-35)40(53-22-47(23-53)25-62-26-47)38(51-44(60)64-45(2,3)4)42(57)54-15-9-11-34(52-54)43(58)59/h8,10,12-14,18,21,27-28,30,34,38,40,52,56H,9,11,15-17,19,22-26H2,1-7H3,(H,51,60)(H,58,59)/t27-,28?,30?,34-,38-,40-/m0/s1. The average Bonchev–Trinajstić information content (AvgIpc) is 3.82. The number of amides is 2. The van der Waals surface area contributed by atoms with Crippen LogP contribution in [0.1, 0.15) is 103 Å². The number of aliphatic hydroxyl groups excluding tert-OH is 1. The molecule has 2 amide bonds. The number of likely N-dealkylation sites (tertiary alicyclic amines) is 1. The van der Waals surface area contributed by atoms with Crippen LogP contribution in [-0.4, -0.2) is 117 Å². The molecule has 1 saturated carbocycles. The van der Waals surface area contributed by atoms with Crippen molar-refractivity contribution in [3.63, 3.8) is 0 Å². The van der Waals surface area contributed by atoms with E-state index in [1.807, 2.05) is 37.8 Å². The molecule has 0 unspecified atom stereocenters. The number of carboxylic acids is 1. The Morgan fingerprint density at radius 3 is 2.53 bits per heavy atom. The smallest absolute Gasteiger partial charge is 0.408 e. The van der Waals surface area contributed by atoms with Crippen molar-refractivity contribution in [1.82, 2.24) is 35.2 Å². The largest absolute Gasteiger partial charge is 0.480 e. The van der Waals surface area contributed by atoms with Crippen molar-refractivity contribution in [2.75, 3.05) is 46.6 Å². The highest BCUT2D eigenvalue weighted by molar-refractivity contribution is 5.95. The van der Waals surface area contributed by atoms with Crippen LogP contribution in [0.2, 0.25) is 0 Å². The number of oxazole rings is 1. The van der Waals surface area contributed by atoms with E-state index in [1.54, 1.807) is 40.3 Å². The van der Waals surface area contributed by atoms with Gasteiger partial charge < -0.3 is 38.7 Å². The van der Waals surface area contributed by atoms with Crippen molar-refractivity contribution in [2.45, 2.75) is 110 Å². The zero-order valence-electron chi connectivity index (χ0n) is 37.7. The van der Waals surface area contributed by atoms with E-state index >= 15 is 0 Å². The highest BCUT2D eigenvalue weighted by Crippen LogP contribution is 2.49. The second-order valence-electron chi connectivity index (χ2n) is 19.9. The van der Waals surface area contributed by atoms with Crippen molar-refractivity contribution in [1.29, 1.82) is 5.26 Å². The predicted molar refractivity (Wildman–Crippen MR) is 234 cm³/mol. The molecule has 17 heteroatoms. The number of nitrogens with zero attached hydrogens (tertiary/aromatic N) is 6. The van der Waals surface area contributed by atoms with E-state index in [2.05, 4.69) is 39.6 Å². The molecule has 8 rings (SSSR count). The molecule has 1 spiro atoms. The third-order valence-electron chi connectivity index (χ3n) is 13.0. The third-order valence-corrected chi connectivity index (χ3v) is 13.0. The van der Waals surface area contributed by atoms with Crippen LogP contribution >= 0.6 is 0 Å². The Labute approximate surface area is 373 Å². The summed E-state index contributed by atoms with van der Waals surface area (Å²) in [7, 11) is 1.66.